The summed E-state index contributed by atoms with van der Waals surface area (Å²) in [5, 5.41) is 5.01. The zero-order chi connectivity index (χ0) is 17.9. The molecule has 0 aromatic carbocycles. The van der Waals surface area contributed by atoms with Crippen molar-refractivity contribution in [1.29, 1.82) is 0 Å². The number of thiazole rings is 1. The van der Waals surface area contributed by atoms with E-state index >= 15 is 0 Å². The van der Waals surface area contributed by atoms with E-state index < -0.39 is 0 Å². The van der Waals surface area contributed by atoms with Gasteiger partial charge in [0, 0.05) is 23.9 Å². The Labute approximate surface area is 155 Å². The summed E-state index contributed by atoms with van der Waals surface area (Å²) < 4.78 is 13.4. The van der Waals surface area contributed by atoms with Crippen molar-refractivity contribution in [2.75, 3.05) is 13.2 Å². The molecule has 26 heavy (non-hydrogen) atoms. The van der Waals surface area contributed by atoms with Crippen LogP contribution in [0.3, 0.4) is 0 Å². The first-order chi connectivity index (χ1) is 12.7. The molecule has 0 radical (unpaired) electrons. The van der Waals surface area contributed by atoms with Crippen molar-refractivity contribution in [3.63, 3.8) is 0 Å². The zero-order valence-electron chi connectivity index (χ0n) is 14.4. The molecule has 2 atom stereocenters. The molecule has 1 aliphatic rings. The average molecular weight is 372 g/mol. The van der Waals surface area contributed by atoms with Crippen LogP contribution in [-0.2, 0) is 16.1 Å². The molecule has 0 saturated carbocycles. The first-order valence-electron chi connectivity index (χ1n) is 8.53. The number of nitrogens with zero attached hydrogens (tertiary/aromatic N) is 3. The van der Waals surface area contributed by atoms with Crippen LogP contribution in [0, 0.1) is 6.92 Å². The molecule has 136 valence electrons. The van der Waals surface area contributed by atoms with Crippen molar-refractivity contribution >= 4 is 22.9 Å². The van der Waals surface area contributed by atoms with Crippen LogP contribution in [0.2, 0.25) is 0 Å². The van der Waals surface area contributed by atoms with Crippen molar-refractivity contribution in [2.45, 2.75) is 32.1 Å². The Morgan fingerprint density at radius 3 is 3.23 bits per heavy atom. The molecular formula is C18H20N4O3S. The van der Waals surface area contributed by atoms with Gasteiger partial charge in [0.15, 0.2) is 0 Å². The largest absolute Gasteiger partial charge is 0.379 e. The smallest absolute Gasteiger partial charge is 0.271 e. The number of carbonyl (C=O) groups is 1. The van der Waals surface area contributed by atoms with Crippen LogP contribution in [0.25, 0.3) is 5.65 Å². The fourth-order valence-electron chi connectivity index (χ4n) is 3.04. The highest BCUT2D eigenvalue weighted by Gasteiger charge is 2.29. The number of fused-ring (bicyclic) bond motifs is 1. The summed E-state index contributed by atoms with van der Waals surface area (Å²) in [6.45, 7) is 3.46. The highest BCUT2D eigenvalue weighted by molar-refractivity contribution is 7.07. The van der Waals surface area contributed by atoms with Gasteiger partial charge in [-0.05, 0) is 25.5 Å². The van der Waals surface area contributed by atoms with Gasteiger partial charge in [-0.15, -0.1) is 11.3 Å². The second-order valence-corrected chi connectivity index (χ2v) is 7.01. The molecule has 1 N–H and O–H groups in total. The highest BCUT2D eigenvalue weighted by Crippen LogP contribution is 2.15. The third-order valence-corrected chi connectivity index (χ3v) is 5.11. The van der Waals surface area contributed by atoms with Crippen molar-refractivity contribution in [2.24, 2.45) is 0 Å². The van der Waals surface area contributed by atoms with Crippen LogP contribution in [0.1, 0.15) is 28.3 Å². The summed E-state index contributed by atoms with van der Waals surface area (Å²) in [5.41, 5.74) is 4.87. The second-order valence-electron chi connectivity index (χ2n) is 6.29. The van der Waals surface area contributed by atoms with E-state index in [1.165, 1.54) is 11.3 Å². The van der Waals surface area contributed by atoms with Gasteiger partial charge in [0.25, 0.3) is 5.91 Å². The van der Waals surface area contributed by atoms with Crippen molar-refractivity contribution in [3.05, 3.63) is 52.4 Å². The maximum absolute atomic E-state index is 12.7. The summed E-state index contributed by atoms with van der Waals surface area (Å²) in [7, 11) is 0. The Balaban J connectivity index is 1.44. The first kappa shape index (κ1) is 17.1. The molecule has 8 heteroatoms. The average Bonchev–Trinajstić information content (AvgIpc) is 3.31. The molecule has 1 saturated heterocycles. The van der Waals surface area contributed by atoms with E-state index in [-0.39, 0.29) is 18.1 Å². The van der Waals surface area contributed by atoms with Gasteiger partial charge >= 0.3 is 0 Å². The number of aryl methyl sites for hydroxylation is 1. The minimum Gasteiger partial charge on any atom is -0.379 e. The van der Waals surface area contributed by atoms with Gasteiger partial charge in [-0.1, -0.05) is 6.07 Å². The number of aromatic nitrogens is 3. The number of ether oxygens (including phenoxy) is 2. The normalized spacial score (nSPS) is 20.3. The molecule has 7 nitrogen and oxygen atoms in total. The number of nitrogens with one attached hydrogen (secondary N) is 1. The van der Waals surface area contributed by atoms with Gasteiger partial charge in [0.1, 0.15) is 17.4 Å². The Hall–Kier alpha value is -2.29. The molecule has 0 spiro atoms. The molecule has 3 aromatic heterocycles. The van der Waals surface area contributed by atoms with Crippen LogP contribution in [0.15, 0.2) is 35.3 Å². The molecule has 1 amide bonds. The highest BCUT2D eigenvalue weighted by atomic mass is 32.1. The fraction of sp³-hybridized carbons (Fsp3) is 0.389. The van der Waals surface area contributed by atoms with E-state index in [0.29, 0.717) is 31.9 Å². The van der Waals surface area contributed by atoms with E-state index in [4.69, 9.17) is 9.47 Å². The Kier molecular flexibility index (Phi) is 4.96. The molecule has 1 aliphatic heterocycles. The summed E-state index contributed by atoms with van der Waals surface area (Å²) in [4.78, 5) is 21.3. The molecule has 0 unspecified atom stereocenters. The third-order valence-electron chi connectivity index (χ3n) is 4.48. The van der Waals surface area contributed by atoms with E-state index in [1.807, 2.05) is 34.9 Å². The van der Waals surface area contributed by atoms with Gasteiger partial charge in [-0.2, -0.15) is 0 Å². The van der Waals surface area contributed by atoms with E-state index in [0.717, 1.165) is 17.0 Å². The van der Waals surface area contributed by atoms with Gasteiger partial charge in [0.05, 0.1) is 30.5 Å². The van der Waals surface area contributed by atoms with Gasteiger partial charge in [-0.3, -0.25) is 4.79 Å². The molecule has 3 aromatic rings. The maximum atomic E-state index is 12.7. The zero-order valence-corrected chi connectivity index (χ0v) is 15.2. The van der Waals surface area contributed by atoms with Crippen LogP contribution in [0.4, 0.5) is 0 Å². The summed E-state index contributed by atoms with van der Waals surface area (Å²) in [6.07, 6.45) is 2.28. The molecular weight excluding hydrogens is 352 g/mol. The predicted molar refractivity (Wildman–Crippen MR) is 97.3 cm³/mol. The fourth-order valence-corrected chi connectivity index (χ4v) is 3.59. The lowest BCUT2D eigenvalue weighted by atomic mass is 10.1. The second kappa shape index (κ2) is 7.53. The minimum absolute atomic E-state index is 0.110. The number of amides is 1. The quantitative estimate of drug-likeness (QED) is 0.743. The van der Waals surface area contributed by atoms with Crippen molar-refractivity contribution in [1.82, 2.24) is 19.7 Å². The Morgan fingerprint density at radius 2 is 2.42 bits per heavy atom. The number of pyridine rings is 1. The van der Waals surface area contributed by atoms with Crippen molar-refractivity contribution in [3.8, 4) is 0 Å². The maximum Gasteiger partial charge on any atom is 0.271 e. The predicted octanol–water partition coefficient (Wildman–Crippen LogP) is 2.20. The van der Waals surface area contributed by atoms with Gasteiger partial charge < -0.3 is 19.2 Å². The Morgan fingerprint density at radius 1 is 1.50 bits per heavy atom. The molecule has 1 fully saturated rings. The van der Waals surface area contributed by atoms with E-state index in [1.54, 1.807) is 11.7 Å². The monoisotopic (exact) mass is 372 g/mol. The summed E-state index contributed by atoms with van der Waals surface area (Å²) >= 11 is 1.54. The number of carbonyl (C=O) groups excluding carboxylic acids is 1. The number of hydrogen-bond donors (Lipinski definition) is 1. The standard InChI is InChI=1S/C18H20N4O3S/c1-12-3-2-4-17-20-15(7-22(12)17)18(23)21-14-5-6-24-9-16(14)25-8-13-10-26-11-19-13/h2-4,7,10-11,14,16H,5-6,8-9H2,1H3,(H,21,23)/t14-,16-/m1/s1. The van der Waals surface area contributed by atoms with Crippen LogP contribution in [-0.4, -0.2) is 45.6 Å². The van der Waals surface area contributed by atoms with E-state index in [2.05, 4.69) is 15.3 Å². The minimum atomic E-state index is -0.201. The lowest BCUT2D eigenvalue weighted by molar-refractivity contribution is -0.0742. The topological polar surface area (TPSA) is 77.8 Å². The molecule has 4 heterocycles. The third kappa shape index (κ3) is 3.62. The SMILES string of the molecule is Cc1cccc2nc(C(=O)N[C@@H]3CCOC[C@H]3OCc3cscn3)cn12. The molecule has 4 rings (SSSR count). The van der Waals surface area contributed by atoms with Gasteiger partial charge in [0.2, 0.25) is 0 Å². The molecule has 0 aliphatic carbocycles. The lowest BCUT2D eigenvalue weighted by Gasteiger charge is -2.31. The number of hydrogen-bond acceptors (Lipinski definition) is 6. The van der Waals surface area contributed by atoms with E-state index in [9.17, 15) is 4.79 Å². The van der Waals surface area contributed by atoms with Crippen LogP contribution >= 0.6 is 11.3 Å². The van der Waals surface area contributed by atoms with Crippen LogP contribution < -0.4 is 5.32 Å². The van der Waals surface area contributed by atoms with Crippen molar-refractivity contribution < 1.29 is 14.3 Å². The Bertz CT molecular complexity index is 893. The molecule has 0 bridgehead atoms. The number of rotatable bonds is 5. The summed E-state index contributed by atoms with van der Waals surface area (Å²) in [6, 6.07) is 5.69. The summed E-state index contributed by atoms with van der Waals surface area (Å²) in [5.74, 6) is -0.192. The van der Waals surface area contributed by atoms with Gasteiger partial charge in [-0.25, -0.2) is 9.97 Å². The van der Waals surface area contributed by atoms with Crippen LogP contribution in [0.5, 0.6) is 0 Å². The number of imidazole rings is 1. The lowest BCUT2D eigenvalue weighted by Crippen LogP contribution is -2.50. The first-order valence-corrected chi connectivity index (χ1v) is 9.47.